The Bertz CT molecular complexity index is 438. The van der Waals surface area contributed by atoms with Crippen molar-refractivity contribution in [1.82, 2.24) is 10.2 Å². The number of ether oxygens (including phenoxy) is 1. The molecule has 19 heavy (non-hydrogen) atoms. The van der Waals surface area contributed by atoms with E-state index in [9.17, 15) is 4.79 Å². The summed E-state index contributed by atoms with van der Waals surface area (Å²) < 4.78 is 5.32. The number of methoxy groups -OCH3 is 1. The molecule has 0 bridgehead atoms. The van der Waals surface area contributed by atoms with Crippen LogP contribution in [0.25, 0.3) is 0 Å². The lowest BCUT2D eigenvalue weighted by Crippen LogP contribution is -2.34. The molecule has 2 rings (SSSR count). The van der Waals surface area contributed by atoms with Crippen molar-refractivity contribution in [1.29, 1.82) is 0 Å². The number of hydrogen-bond acceptors (Lipinski definition) is 3. The monoisotopic (exact) mass is 262 g/mol. The summed E-state index contributed by atoms with van der Waals surface area (Å²) in [5.41, 5.74) is 1.85. The lowest BCUT2D eigenvalue weighted by Gasteiger charge is -2.21. The van der Waals surface area contributed by atoms with E-state index in [1.165, 1.54) is 0 Å². The highest BCUT2D eigenvalue weighted by molar-refractivity contribution is 5.97. The smallest absolute Gasteiger partial charge is 0.257 e. The average Bonchev–Trinajstić information content (AvgIpc) is 2.74. The van der Waals surface area contributed by atoms with Crippen molar-refractivity contribution in [2.45, 2.75) is 19.8 Å². The molecule has 1 saturated heterocycles. The van der Waals surface area contributed by atoms with Gasteiger partial charge in [0.05, 0.1) is 12.7 Å². The van der Waals surface area contributed by atoms with Crippen molar-refractivity contribution in [2.24, 2.45) is 0 Å². The molecule has 0 radical (unpaired) electrons. The Labute approximate surface area is 114 Å². The van der Waals surface area contributed by atoms with Gasteiger partial charge in [-0.05, 0) is 37.1 Å². The lowest BCUT2D eigenvalue weighted by molar-refractivity contribution is 0.0763. The summed E-state index contributed by atoms with van der Waals surface area (Å²) in [6.07, 6.45) is 1.92. The standard InChI is InChI=1S/C15H22N2O2/c1-3-12-5-6-14(19-2)13(11-12)15(18)17-9-4-7-16-8-10-17/h5-6,11,16H,3-4,7-10H2,1-2H3. The van der Waals surface area contributed by atoms with Crippen LogP contribution in [0.2, 0.25) is 0 Å². The molecule has 1 aliphatic heterocycles. The molecule has 1 N–H and O–H groups in total. The van der Waals surface area contributed by atoms with Crippen LogP contribution in [-0.4, -0.2) is 44.1 Å². The lowest BCUT2D eigenvalue weighted by atomic mass is 10.1. The summed E-state index contributed by atoms with van der Waals surface area (Å²) in [4.78, 5) is 14.5. The Morgan fingerprint density at radius 1 is 1.37 bits per heavy atom. The Balaban J connectivity index is 2.25. The van der Waals surface area contributed by atoms with Crippen molar-refractivity contribution in [2.75, 3.05) is 33.3 Å². The maximum atomic E-state index is 12.6. The van der Waals surface area contributed by atoms with E-state index in [0.717, 1.165) is 44.6 Å². The van der Waals surface area contributed by atoms with E-state index >= 15 is 0 Å². The highest BCUT2D eigenvalue weighted by atomic mass is 16.5. The van der Waals surface area contributed by atoms with Crippen LogP contribution in [-0.2, 0) is 6.42 Å². The molecule has 104 valence electrons. The maximum Gasteiger partial charge on any atom is 0.257 e. The molecule has 0 aliphatic carbocycles. The van der Waals surface area contributed by atoms with E-state index in [1.807, 2.05) is 23.1 Å². The van der Waals surface area contributed by atoms with Crippen molar-refractivity contribution < 1.29 is 9.53 Å². The van der Waals surface area contributed by atoms with Crippen LogP contribution in [0.3, 0.4) is 0 Å². The summed E-state index contributed by atoms with van der Waals surface area (Å²) in [6, 6.07) is 5.86. The summed E-state index contributed by atoms with van der Waals surface area (Å²) in [5.74, 6) is 0.746. The maximum absolute atomic E-state index is 12.6. The Hall–Kier alpha value is -1.55. The van der Waals surface area contributed by atoms with E-state index in [0.29, 0.717) is 11.3 Å². The predicted octanol–water partition coefficient (Wildman–Crippen LogP) is 1.69. The van der Waals surface area contributed by atoms with Gasteiger partial charge in [0.1, 0.15) is 5.75 Å². The molecule has 0 spiro atoms. The number of aryl methyl sites for hydroxylation is 1. The minimum absolute atomic E-state index is 0.0795. The topological polar surface area (TPSA) is 41.6 Å². The van der Waals surface area contributed by atoms with E-state index < -0.39 is 0 Å². The number of nitrogens with one attached hydrogen (secondary N) is 1. The van der Waals surface area contributed by atoms with Crippen LogP contribution in [0.15, 0.2) is 18.2 Å². The van der Waals surface area contributed by atoms with E-state index in [1.54, 1.807) is 7.11 Å². The molecule has 0 atom stereocenters. The van der Waals surface area contributed by atoms with Crippen molar-refractivity contribution in [3.63, 3.8) is 0 Å². The third-order valence-corrected chi connectivity index (χ3v) is 3.53. The molecule has 1 amide bonds. The Morgan fingerprint density at radius 2 is 2.21 bits per heavy atom. The SMILES string of the molecule is CCc1ccc(OC)c(C(=O)N2CCCNCC2)c1. The van der Waals surface area contributed by atoms with Gasteiger partial charge in [-0.1, -0.05) is 13.0 Å². The second-order valence-electron chi connectivity index (χ2n) is 4.78. The minimum Gasteiger partial charge on any atom is -0.496 e. The zero-order chi connectivity index (χ0) is 13.7. The van der Waals surface area contributed by atoms with Gasteiger partial charge in [-0.2, -0.15) is 0 Å². The highest BCUT2D eigenvalue weighted by Gasteiger charge is 2.20. The molecule has 0 aromatic heterocycles. The fourth-order valence-corrected chi connectivity index (χ4v) is 2.36. The fourth-order valence-electron chi connectivity index (χ4n) is 2.36. The molecular weight excluding hydrogens is 240 g/mol. The second-order valence-corrected chi connectivity index (χ2v) is 4.78. The van der Waals surface area contributed by atoms with Crippen LogP contribution >= 0.6 is 0 Å². The van der Waals surface area contributed by atoms with Gasteiger partial charge in [0, 0.05) is 19.6 Å². The number of nitrogens with zero attached hydrogens (tertiary/aromatic N) is 1. The van der Waals surface area contributed by atoms with Crippen LogP contribution in [0, 0.1) is 0 Å². The summed E-state index contributed by atoms with van der Waals surface area (Å²) in [5, 5.41) is 3.31. The van der Waals surface area contributed by atoms with Crippen LogP contribution in [0.4, 0.5) is 0 Å². The van der Waals surface area contributed by atoms with Gasteiger partial charge >= 0.3 is 0 Å². The third-order valence-electron chi connectivity index (χ3n) is 3.53. The normalized spacial score (nSPS) is 16.0. The molecule has 4 heteroatoms. The zero-order valence-electron chi connectivity index (χ0n) is 11.7. The molecule has 4 nitrogen and oxygen atoms in total. The first-order valence-electron chi connectivity index (χ1n) is 6.93. The van der Waals surface area contributed by atoms with Gasteiger partial charge in [-0.15, -0.1) is 0 Å². The molecule has 1 heterocycles. The molecule has 1 fully saturated rings. The van der Waals surface area contributed by atoms with Gasteiger partial charge in [-0.3, -0.25) is 4.79 Å². The molecule has 1 aromatic rings. The quantitative estimate of drug-likeness (QED) is 0.901. The van der Waals surface area contributed by atoms with Crippen molar-refractivity contribution in [3.05, 3.63) is 29.3 Å². The number of hydrogen-bond donors (Lipinski definition) is 1. The van der Waals surface area contributed by atoms with Crippen molar-refractivity contribution in [3.8, 4) is 5.75 Å². The van der Waals surface area contributed by atoms with Crippen LogP contribution in [0.1, 0.15) is 29.3 Å². The van der Waals surface area contributed by atoms with Gasteiger partial charge < -0.3 is 15.0 Å². The van der Waals surface area contributed by atoms with Gasteiger partial charge in [0.2, 0.25) is 0 Å². The average molecular weight is 262 g/mol. The van der Waals surface area contributed by atoms with E-state index in [-0.39, 0.29) is 5.91 Å². The first-order valence-corrected chi connectivity index (χ1v) is 6.93. The molecule has 1 aromatic carbocycles. The first kappa shape index (κ1) is 13.9. The summed E-state index contributed by atoms with van der Waals surface area (Å²) in [7, 11) is 1.61. The minimum atomic E-state index is 0.0795. The summed E-state index contributed by atoms with van der Waals surface area (Å²) in [6.45, 7) is 5.51. The first-order chi connectivity index (χ1) is 9.26. The highest BCUT2D eigenvalue weighted by Crippen LogP contribution is 2.22. The van der Waals surface area contributed by atoms with Gasteiger partial charge in [-0.25, -0.2) is 0 Å². The van der Waals surface area contributed by atoms with Gasteiger partial charge in [0.15, 0.2) is 0 Å². The molecular formula is C15H22N2O2. The van der Waals surface area contributed by atoms with E-state index in [2.05, 4.69) is 12.2 Å². The Kier molecular flexibility index (Phi) is 4.80. The van der Waals surface area contributed by atoms with Crippen LogP contribution < -0.4 is 10.1 Å². The summed E-state index contributed by atoms with van der Waals surface area (Å²) >= 11 is 0. The molecule has 0 unspecified atom stereocenters. The number of carbonyl (C=O) groups is 1. The second kappa shape index (κ2) is 6.57. The molecule has 1 aliphatic rings. The van der Waals surface area contributed by atoms with Gasteiger partial charge in [0.25, 0.3) is 5.91 Å². The third kappa shape index (κ3) is 3.26. The number of carbonyl (C=O) groups excluding carboxylic acids is 1. The van der Waals surface area contributed by atoms with Crippen LogP contribution in [0.5, 0.6) is 5.75 Å². The van der Waals surface area contributed by atoms with Crippen molar-refractivity contribution >= 4 is 5.91 Å². The number of amides is 1. The Morgan fingerprint density at radius 3 is 2.95 bits per heavy atom. The van der Waals surface area contributed by atoms with E-state index in [4.69, 9.17) is 4.74 Å². The predicted molar refractivity (Wildman–Crippen MR) is 75.8 cm³/mol. The largest absolute Gasteiger partial charge is 0.496 e. The number of rotatable bonds is 3. The number of benzene rings is 1. The molecule has 0 saturated carbocycles. The zero-order valence-corrected chi connectivity index (χ0v) is 11.7. The fraction of sp³-hybridized carbons (Fsp3) is 0.533.